The standard InChI is InChI=1S/C20H32N2O4S/c1-5-22(6-2)27(24,25)18-13-11-16(12-14-18)20(23)26-19-10-8-7-9-17(19)15-21(3)4/h11-14,17,19H,5-10,15H2,1-4H3/p+1/t17-,19-/m1/s1. The van der Waals surface area contributed by atoms with Gasteiger partial charge in [0.2, 0.25) is 10.0 Å². The van der Waals surface area contributed by atoms with Gasteiger partial charge in [0.05, 0.1) is 31.1 Å². The number of nitrogens with zero attached hydrogens (tertiary/aromatic N) is 1. The molecular formula is C20H33N2O4S+. The molecule has 0 aliphatic heterocycles. The molecule has 152 valence electrons. The summed E-state index contributed by atoms with van der Waals surface area (Å²) in [5.41, 5.74) is 0.398. The number of carbonyl (C=O) groups excluding carboxylic acids is 1. The second-order valence-corrected chi connectivity index (χ2v) is 9.45. The van der Waals surface area contributed by atoms with E-state index in [0.29, 0.717) is 24.6 Å². The quantitative estimate of drug-likeness (QED) is 0.676. The monoisotopic (exact) mass is 397 g/mol. The molecule has 0 aromatic heterocycles. The summed E-state index contributed by atoms with van der Waals surface area (Å²) in [4.78, 5) is 14.1. The minimum atomic E-state index is -3.51. The fourth-order valence-electron chi connectivity index (χ4n) is 3.77. The molecule has 6 nitrogen and oxygen atoms in total. The molecule has 0 unspecified atom stereocenters. The lowest BCUT2D eigenvalue weighted by atomic mass is 9.86. The summed E-state index contributed by atoms with van der Waals surface area (Å²) < 4.78 is 32.3. The average molecular weight is 398 g/mol. The van der Waals surface area contributed by atoms with Crippen molar-refractivity contribution in [2.24, 2.45) is 5.92 Å². The Morgan fingerprint density at radius 2 is 1.70 bits per heavy atom. The van der Waals surface area contributed by atoms with E-state index in [1.54, 1.807) is 12.1 Å². The molecule has 1 N–H and O–H groups in total. The van der Waals surface area contributed by atoms with Gasteiger partial charge in [-0.25, -0.2) is 13.2 Å². The first-order chi connectivity index (χ1) is 12.8. The van der Waals surface area contributed by atoms with Gasteiger partial charge in [-0.1, -0.05) is 20.3 Å². The molecule has 0 heterocycles. The van der Waals surface area contributed by atoms with Gasteiger partial charge in [-0.15, -0.1) is 0 Å². The van der Waals surface area contributed by atoms with Crippen LogP contribution in [0.15, 0.2) is 29.2 Å². The molecule has 1 fully saturated rings. The van der Waals surface area contributed by atoms with Gasteiger partial charge in [-0.3, -0.25) is 0 Å². The highest BCUT2D eigenvalue weighted by atomic mass is 32.2. The number of sulfonamides is 1. The Hall–Kier alpha value is -1.44. The normalized spacial score (nSPS) is 20.8. The van der Waals surface area contributed by atoms with Gasteiger partial charge in [0, 0.05) is 19.0 Å². The van der Waals surface area contributed by atoms with Crippen LogP contribution in [0.25, 0.3) is 0 Å². The van der Waals surface area contributed by atoms with Crippen LogP contribution in [0.2, 0.25) is 0 Å². The van der Waals surface area contributed by atoms with Crippen LogP contribution in [0.1, 0.15) is 49.9 Å². The fourth-order valence-corrected chi connectivity index (χ4v) is 5.23. The van der Waals surface area contributed by atoms with Crippen LogP contribution in [0.4, 0.5) is 0 Å². The molecule has 7 heteroatoms. The van der Waals surface area contributed by atoms with E-state index >= 15 is 0 Å². The Morgan fingerprint density at radius 3 is 2.26 bits per heavy atom. The minimum absolute atomic E-state index is 0.0553. The SMILES string of the molecule is CCN(CC)S(=O)(=O)c1ccc(C(=O)O[C@@H]2CCCC[C@@H]2C[NH+](C)C)cc1. The van der Waals surface area contributed by atoms with Crippen LogP contribution in [0.3, 0.4) is 0 Å². The number of rotatable bonds is 8. The Kier molecular flexibility index (Phi) is 7.82. The van der Waals surface area contributed by atoms with Gasteiger partial charge in [0.1, 0.15) is 6.10 Å². The van der Waals surface area contributed by atoms with Gasteiger partial charge < -0.3 is 9.64 Å². The first-order valence-electron chi connectivity index (χ1n) is 9.89. The molecular weight excluding hydrogens is 364 g/mol. The van der Waals surface area contributed by atoms with Crippen molar-refractivity contribution >= 4 is 16.0 Å². The molecule has 2 atom stereocenters. The molecule has 1 aliphatic rings. The highest BCUT2D eigenvalue weighted by molar-refractivity contribution is 7.89. The lowest BCUT2D eigenvalue weighted by Gasteiger charge is -2.31. The van der Waals surface area contributed by atoms with Crippen molar-refractivity contribution in [3.63, 3.8) is 0 Å². The van der Waals surface area contributed by atoms with E-state index in [1.807, 2.05) is 13.8 Å². The van der Waals surface area contributed by atoms with Crippen LogP contribution in [0, 0.1) is 5.92 Å². The number of ether oxygens (including phenoxy) is 1. The first kappa shape index (κ1) is 21.9. The zero-order chi connectivity index (χ0) is 20.0. The number of benzene rings is 1. The molecule has 1 aromatic carbocycles. The summed E-state index contributed by atoms with van der Waals surface area (Å²) in [6.07, 6.45) is 4.20. The van der Waals surface area contributed by atoms with Crippen LogP contribution < -0.4 is 4.90 Å². The molecule has 1 aromatic rings. The topological polar surface area (TPSA) is 68.1 Å². The van der Waals surface area contributed by atoms with Gasteiger partial charge in [0.25, 0.3) is 0 Å². The Balaban J connectivity index is 2.09. The van der Waals surface area contributed by atoms with Crippen molar-refractivity contribution in [2.75, 3.05) is 33.7 Å². The third kappa shape index (κ3) is 5.53. The van der Waals surface area contributed by atoms with E-state index in [4.69, 9.17) is 4.74 Å². The highest BCUT2D eigenvalue weighted by Gasteiger charge is 2.30. The zero-order valence-corrected chi connectivity index (χ0v) is 17.7. The summed E-state index contributed by atoms with van der Waals surface area (Å²) in [6, 6.07) is 6.08. The third-order valence-corrected chi connectivity index (χ3v) is 7.27. The molecule has 0 bridgehead atoms. The predicted molar refractivity (Wildman–Crippen MR) is 105 cm³/mol. The summed E-state index contributed by atoms with van der Waals surface area (Å²) in [5, 5.41) is 0. The Labute approximate surface area is 163 Å². The van der Waals surface area contributed by atoms with Crippen LogP contribution in [0.5, 0.6) is 0 Å². The van der Waals surface area contributed by atoms with E-state index in [0.717, 1.165) is 25.8 Å². The maximum absolute atomic E-state index is 12.6. The van der Waals surface area contributed by atoms with Gasteiger partial charge in [-0.05, 0) is 43.5 Å². The number of hydrogen-bond acceptors (Lipinski definition) is 4. The zero-order valence-electron chi connectivity index (χ0n) is 16.9. The average Bonchev–Trinajstić information content (AvgIpc) is 2.64. The van der Waals surface area contributed by atoms with Crippen molar-refractivity contribution in [3.8, 4) is 0 Å². The van der Waals surface area contributed by atoms with E-state index < -0.39 is 10.0 Å². The van der Waals surface area contributed by atoms with Crippen LogP contribution in [-0.4, -0.2) is 58.5 Å². The number of quaternary nitrogens is 1. The van der Waals surface area contributed by atoms with Crippen molar-refractivity contribution in [1.82, 2.24) is 4.31 Å². The molecule has 1 aliphatic carbocycles. The van der Waals surface area contributed by atoms with Gasteiger partial charge in [0.15, 0.2) is 0 Å². The lowest BCUT2D eigenvalue weighted by molar-refractivity contribution is -0.862. The lowest BCUT2D eigenvalue weighted by Crippen LogP contribution is -3.06. The summed E-state index contributed by atoms with van der Waals surface area (Å²) >= 11 is 0. The molecule has 0 saturated heterocycles. The largest absolute Gasteiger partial charge is 0.458 e. The van der Waals surface area contributed by atoms with Crippen molar-refractivity contribution in [2.45, 2.75) is 50.5 Å². The van der Waals surface area contributed by atoms with Crippen LogP contribution >= 0.6 is 0 Å². The minimum Gasteiger partial charge on any atom is -0.458 e. The van der Waals surface area contributed by atoms with Gasteiger partial charge in [-0.2, -0.15) is 4.31 Å². The van der Waals surface area contributed by atoms with E-state index in [2.05, 4.69) is 14.1 Å². The second kappa shape index (κ2) is 9.66. The summed E-state index contributed by atoms with van der Waals surface area (Å²) in [6.45, 7) is 5.43. The second-order valence-electron chi connectivity index (χ2n) is 7.51. The summed E-state index contributed by atoms with van der Waals surface area (Å²) in [5.74, 6) is 0.0162. The van der Waals surface area contributed by atoms with Crippen molar-refractivity contribution in [1.29, 1.82) is 0 Å². The van der Waals surface area contributed by atoms with E-state index in [-0.39, 0.29) is 17.0 Å². The number of hydrogen-bond donors (Lipinski definition) is 1. The predicted octanol–water partition coefficient (Wildman–Crippen LogP) is 1.58. The van der Waals surface area contributed by atoms with E-state index in [9.17, 15) is 13.2 Å². The molecule has 1 saturated carbocycles. The highest BCUT2D eigenvalue weighted by Crippen LogP contribution is 2.27. The molecule has 0 spiro atoms. The maximum atomic E-state index is 12.6. The molecule has 2 rings (SSSR count). The molecule has 0 radical (unpaired) electrons. The van der Waals surface area contributed by atoms with Gasteiger partial charge >= 0.3 is 5.97 Å². The number of carbonyl (C=O) groups is 1. The van der Waals surface area contributed by atoms with Crippen molar-refractivity contribution in [3.05, 3.63) is 29.8 Å². The third-order valence-electron chi connectivity index (χ3n) is 5.20. The number of esters is 1. The first-order valence-corrected chi connectivity index (χ1v) is 11.3. The maximum Gasteiger partial charge on any atom is 0.338 e. The van der Waals surface area contributed by atoms with Crippen molar-refractivity contribution < 1.29 is 22.8 Å². The van der Waals surface area contributed by atoms with E-state index in [1.165, 1.54) is 27.8 Å². The smallest absolute Gasteiger partial charge is 0.338 e. The molecule has 0 amide bonds. The Bertz CT molecular complexity index is 712. The van der Waals surface area contributed by atoms with Crippen LogP contribution in [-0.2, 0) is 14.8 Å². The molecule has 27 heavy (non-hydrogen) atoms. The summed E-state index contributed by atoms with van der Waals surface area (Å²) in [7, 11) is 0.713. The fraction of sp³-hybridized carbons (Fsp3) is 0.650. The number of nitrogens with one attached hydrogen (secondary N) is 1. The Morgan fingerprint density at radius 1 is 1.11 bits per heavy atom.